The quantitative estimate of drug-likeness (QED) is 0.612. The molecule has 0 aliphatic heterocycles. The largest absolute Gasteiger partial charge is 0.481 e. The van der Waals surface area contributed by atoms with E-state index in [1.165, 1.54) is 20.4 Å². The summed E-state index contributed by atoms with van der Waals surface area (Å²) in [6, 6.07) is 8.77. The fourth-order valence-electron chi connectivity index (χ4n) is 1.71. The van der Waals surface area contributed by atoms with Crippen molar-refractivity contribution in [2.45, 2.75) is 13.8 Å². The van der Waals surface area contributed by atoms with E-state index in [1.807, 2.05) is 6.07 Å². The highest BCUT2D eigenvalue weighted by atomic mass is 16.5. The minimum Gasteiger partial charge on any atom is -0.481 e. The van der Waals surface area contributed by atoms with Gasteiger partial charge >= 0.3 is 6.01 Å². The Labute approximate surface area is 145 Å². The first kappa shape index (κ1) is 18.2. The van der Waals surface area contributed by atoms with Gasteiger partial charge in [-0.15, -0.1) is 0 Å². The molecule has 0 atom stereocenters. The number of carbonyl (C=O) groups is 1. The second-order valence-electron chi connectivity index (χ2n) is 5.26. The lowest BCUT2D eigenvalue weighted by Gasteiger charge is -2.09. The third kappa shape index (κ3) is 5.17. The van der Waals surface area contributed by atoms with Crippen molar-refractivity contribution >= 4 is 12.1 Å². The zero-order chi connectivity index (χ0) is 18.2. The number of nitrogens with zero attached hydrogens (tertiary/aromatic N) is 3. The Hall–Kier alpha value is -3.16. The first-order valence-electron chi connectivity index (χ1n) is 7.60. The summed E-state index contributed by atoms with van der Waals surface area (Å²) in [6.07, 6.45) is 1.49. The predicted octanol–water partition coefficient (Wildman–Crippen LogP) is 2.39. The van der Waals surface area contributed by atoms with Crippen molar-refractivity contribution in [1.82, 2.24) is 15.4 Å². The molecule has 1 N–H and O–H groups in total. The zero-order valence-electron chi connectivity index (χ0n) is 14.5. The molecule has 0 saturated carbocycles. The predicted molar refractivity (Wildman–Crippen MR) is 92.2 cm³/mol. The maximum atomic E-state index is 11.5. The van der Waals surface area contributed by atoms with E-state index in [2.05, 4.69) is 20.5 Å². The molecule has 2 aromatic rings. The maximum absolute atomic E-state index is 11.5. The average molecular weight is 344 g/mol. The highest BCUT2D eigenvalue weighted by Crippen LogP contribution is 2.25. The van der Waals surface area contributed by atoms with E-state index in [9.17, 15) is 4.79 Å². The van der Waals surface area contributed by atoms with Crippen LogP contribution in [0.2, 0.25) is 0 Å². The number of para-hydroxylation sites is 1. The number of nitrogens with one attached hydrogen (secondary N) is 1. The molecule has 8 heteroatoms. The third-order valence-electron chi connectivity index (χ3n) is 3.10. The molecule has 2 rings (SSSR count). The van der Waals surface area contributed by atoms with Gasteiger partial charge in [0.25, 0.3) is 0 Å². The highest BCUT2D eigenvalue weighted by molar-refractivity contribution is 5.85. The molecule has 0 aliphatic carbocycles. The monoisotopic (exact) mass is 344 g/mol. The Morgan fingerprint density at radius 1 is 1.16 bits per heavy atom. The number of amides is 1. The lowest BCUT2D eigenvalue weighted by Crippen LogP contribution is -2.22. The summed E-state index contributed by atoms with van der Waals surface area (Å²) in [6.45, 7) is 3.57. The summed E-state index contributed by atoms with van der Waals surface area (Å²) in [5.74, 6) is 0.784. The van der Waals surface area contributed by atoms with Gasteiger partial charge in [-0.25, -0.2) is 5.43 Å². The van der Waals surface area contributed by atoms with E-state index in [4.69, 9.17) is 14.2 Å². The number of benzene rings is 1. The molecule has 25 heavy (non-hydrogen) atoms. The second-order valence-corrected chi connectivity index (χ2v) is 5.26. The summed E-state index contributed by atoms with van der Waals surface area (Å²) in [4.78, 5) is 19.8. The molecular formula is C17H20N4O4. The summed E-state index contributed by atoms with van der Waals surface area (Å²) in [5.41, 5.74) is 3.11. The van der Waals surface area contributed by atoms with Crippen LogP contribution in [0, 0.1) is 5.92 Å². The molecule has 1 aromatic carbocycles. The molecule has 1 heterocycles. The van der Waals surface area contributed by atoms with Gasteiger partial charge < -0.3 is 14.2 Å². The molecule has 0 fully saturated rings. The first-order valence-corrected chi connectivity index (χ1v) is 7.60. The number of rotatable bonds is 7. The Bertz CT molecular complexity index is 740. The number of hydrogen-bond acceptors (Lipinski definition) is 7. The lowest BCUT2D eigenvalue weighted by atomic mass is 10.2. The van der Waals surface area contributed by atoms with Crippen molar-refractivity contribution in [3.05, 3.63) is 35.9 Å². The molecular weight excluding hydrogens is 324 g/mol. The molecule has 1 aromatic heterocycles. The number of methoxy groups -OCH3 is 2. The van der Waals surface area contributed by atoms with Crippen molar-refractivity contribution in [3.63, 3.8) is 0 Å². The number of hydrazone groups is 1. The van der Waals surface area contributed by atoms with E-state index in [1.54, 1.807) is 38.1 Å². The van der Waals surface area contributed by atoms with Gasteiger partial charge in [0, 0.05) is 11.5 Å². The highest BCUT2D eigenvalue weighted by Gasteiger charge is 2.10. The van der Waals surface area contributed by atoms with Crippen LogP contribution in [0.4, 0.5) is 0 Å². The van der Waals surface area contributed by atoms with E-state index >= 15 is 0 Å². The Morgan fingerprint density at radius 3 is 2.40 bits per heavy atom. The number of ether oxygens (including phenoxy) is 3. The van der Waals surface area contributed by atoms with Crippen molar-refractivity contribution in [3.8, 4) is 23.5 Å². The van der Waals surface area contributed by atoms with Crippen LogP contribution in [-0.2, 0) is 4.79 Å². The molecule has 1 amide bonds. The van der Waals surface area contributed by atoms with Crippen LogP contribution in [0.25, 0.3) is 0 Å². The smallest absolute Gasteiger partial charge is 0.328 e. The van der Waals surface area contributed by atoms with E-state index < -0.39 is 0 Å². The lowest BCUT2D eigenvalue weighted by molar-refractivity contribution is -0.123. The maximum Gasteiger partial charge on any atom is 0.328 e. The minimum absolute atomic E-state index is 0.0725. The van der Waals surface area contributed by atoms with Gasteiger partial charge in [-0.2, -0.15) is 15.1 Å². The van der Waals surface area contributed by atoms with Crippen LogP contribution in [-0.4, -0.2) is 36.3 Å². The van der Waals surface area contributed by atoms with Crippen LogP contribution in [0.5, 0.6) is 23.5 Å². The Morgan fingerprint density at radius 2 is 1.80 bits per heavy atom. The summed E-state index contributed by atoms with van der Waals surface area (Å²) in [5, 5.41) is 3.94. The fraction of sp³-hybridized carbons (Fsp3) is 0.294. The zero-order valence-corrected chi connectivity index (χ0v) is 14.5. The van der Waals surface area contributed by atoms with Gasteiger partial charge in [0.05, 0.1) is 26.5 Å². The van der Waals surface area contributed by atoms with E-state index in [-0.39, 0.29) is 17.8 Å². The van der Waals surface area contributed by atoms with Gasteiger partial charge in [0.1, 0.15) is 5.75 Å². The van der Waals surface area contributed by atoms with Crippen molar-refractivity contribution < 1.29 is 19.0 Å². The topological polar surface area (TPSA) is 94.9 Å². The number of hydrogen-bond donors (Lipinski definition) is 1. The molecule has 8 nitrogen and oxygen atoms in total. The van der Waals surface area contributed by atoms with Crippen LogP contribution < -0.4 is 19.6 Å². The van der Waals surface area contributed by atoms with Crippen LogP contribution in [0.1, 0.15) is 19.4 Å². The minimum atomic E-state index is -0.171. The molecule has 132 valence electrons. The molecule has 0 bridgehead atoms. The van der Waals surface area contributed by atoms with Crippen molar-refractivity contribution in [2.75, 3.05) is 14.2 Å². The standard InChI is InChI=1S/C17H20N4O4/c1-11(2)16(22)21-18-10-12-7-5-6-8-13(12)25-17-19-14(23-3)9-15(20-17)24-4/h5-11H,1-4H3,(H,21,22). The van der Waals surface area contributed by atoms with Crippen molar-refractivity contribution in [2.24, 2.45) is 11.0 Å². The van der Waals surface area contributed by atoms with Gasteiger partial charge in [0.15, 0.2) is 0 Å². The first-order chi connectivity index (χ1) is 12.0. The summed E-state index contributed by atoms with van der Waals surface area (Å²) >= 11 is 0. The van der Waals surface area contributed by atoms with Gasteiger partial charge in [-0.05, 0) is 12.1 Å². The molecule has 0 radical (unpaired) electrons. The number of aromatic nitrogens is 2. The Kier molecular flexibility index (Phi) is 6.27. The summed E-state index contributed by atoms with van der Waals surface area (Å²) < 4.78 is 15.9. The third-order valence-corrected chi connectivity index (χ3v) is 3.10. The van der Waals surface area contributed by atoms with E-state index in [0.29, 0.717) is 23.1 Å². The van der Waals surface area contributed by atoms with Gasteiger partial charge in [-0.3, -0.25) is 4.79 Å². The molecule has 0 spiro atoms. The van der Waals surface area contributed by atoms with Crippen LogP contribution in [0.3, 0.4) is 0 Å². The molecule has 0 unspecified atom stereocenters. The van der Waals surface area contributed by atoms with Crippen molar-refractivity contribution in [1.29, 1.82) is 0 Å². The summed E-state index contributed by atoms with van der Waals surface area (Å²) in [7, 11) is 2.98. The van der Waals surface area contributed by atoms with Gasteiger partial charge in [0.2, 0.25) is 17.7 Å². The van der Waals surface area contributed by atoms with E-state index in [0.717, 1.165) is 0 Å². The SMILES string of the molecule is COc1cc(OC)nc(Oc2ccccc2C=NNC(=O)C(C)C)n1. The fourth-order valence-corrected chi connectivity index (χ4v) is 1.71. The molecule has 0 saturated heterocycles. The van der Waals surface area contributed by atoms with Gasteiger partial charge in [-0.1, -0.05) is 26.0 Å². The van der Waals surface area contributed by atoms with Crippen LogP contribution >= 0.6 is 0 Å². The normalized spacial score (nSPS) is 10.8. The van der Waals surface area contributed by atoms with Crippen LogP contribution in [0.15, 0.2) is 35.4 Å². The number of carbonyl (C=O) groups excluding carboxylic acids is 1. The average Bonchev–Trinajstić information content (AvgIpc) is 2.62. The Balaban J connectivity index is 2.21. The molecule has 0 aliphatic rings. The second kappa shape index (κ2) is 8.62.